The van der Waals surface area contributed by atoms with Crippen molar-refractivity contribution in [2.45, 2.75) is 31.3 Å². The molecule has 2 aromatic heterocycles. The zero-order chi connectivity index (χ0) is 11.7. The summed E-state index contributed by atoms with van der Waals surface area (Å²) in [6.07, 6.45) is 3.90. The van der Waals surface area contributed by atoms with E-state index in [1.54, 1.807) is 6.07 Å². The summed E-state index contributed by atoms with van der Waals surface area (Å²) in [5, 5.41) is 28.5. The first-order valence-corrected chi connectivity index (χ1v) is 5.77. The molecular weight excluding hydrogens is 220 g/mol. The van der Waals surface area contributed by atoms with Gasteiger partial charge in [0.25, 0.3) is 0 Å². The van der Waals surface area contributed by atoms with Gasteiger partial charge in [0.1, 0.15) is 5.82 Å². The Labute approximate surface area is 97.8 Å². The Bertz CT molecular complexity index is 518. The summed E-state index contributed by atoms with van der Waals surface area (Å²) in [7, 11) is 0. The van der Waals surface area contributed by atoms with E-state index in [0.29, 0.717) is 18.0 Å². The fourth-order valence-corrected chi connectivity index (χ4v) is 2.21. The maximum absolute atomic E-state index is 10.2. The number of nitrogens with zero attached hydrogens (tertiary/aromatic N) is 5. The average Bonchev–Trinajstić information content (AvgIpc) is 2.95. The summed E-state index contributed by atoms with van der Waals surface area (Å²) in [5.74, 6) is 0.671. The van der Waals surface area contributed by atoms with Crippen molar-refractivity contribution >= 4 is 11.5 Å². The molecule has 7 nitrogen and oxygen atoms in total. The lowest BCUT2D eigenvalue weighted by Gasteiger charge is -2.22. The Balaban J connectivity index is 1.71. The van der Waals surface area contributed by atoms with Crippen molar-refractivity contribution in [1.82, 2.24) is 25.3 Å². The van der Waals surface area contributed by atoms with E-state index in [1.165, 1.54) is 4.63 Å². The summed E-state index contributed by atoms with van der Waals surface area (Å²) in [6.45, 7) is 0.521. The largest absolute Gasteiger partial charge is 0.388 e. The molecule has 0 bridgehead atoms. The number of fused-ring (bicyclic) bond motifs is 1. The SMILES string of the molecule is OC1(CNc2ccc3nnnn3n2)CCCC1. The fraction of sp³-hybridized carbons (Fsp3) is 0.600. The fourth-order valence-electron chi connectivity index (χ4n) is 2.21. The molecular formula is C10H14N6O. The van der Waals surface area contributed by atoms with Gasteiger partial charge in [-0.25, -0.2) is 0 Å². The van der Waals surface area contributed by atoms with E-state index in [4.69, 9.17) is 0 Å². The van der Waals surface area contributed by atoms with Gasteiger partial charge >= 0.3 is 0 Å². The molecule has 0 atom stereocenters. The lowest BCUT2D eigenvalue weighted by molar-refractivity contribution is 0.0613. The molecule has 90 valence electrons. The van der Waals surface area contributed by atoms with Crippen LogP contribution in [-0.2, 0) is 0 Å². The van der Waals surface area contributed by atoms with E-state index < -0.39 is 5.60 Å². The first kappa shape index (κ1) is 10.4. The van der Waals surface area contributed by atoms with E-state index in [2.05, 4.69) is 25.9 Å². The van der Waals surface area contributed by atoms with Gasteiger partial charge in [-0.2, -0.15) is 0 Å². The highest BCUT2D eigenvalue weighted by Crippen LogP contribution is 2.29. The Hall–Kier alpha value is -1.76. The first-order chi connectivity index (χ1) is 8.25. The van der Waals surface area contributed by atoms with Crippen molar-refractivity contribution in [2.75, 3.05) is 11.9 Å². The summed E-state index contributed by atoms with van der Waals surface area (Å²) >= 11 is 0. The second kappa shape index (κ2) is 3.92. The van der Waals surface area contributed by atoms with Gasteiger partial charge < -0.3 is 10.4 Å². The van der Waals surface area contributed by atoms with Gasteiger partial charge in [-0.3, -0.25) is 0 Å². The summed E-state index contributed by atoms with van der Waals surface area (Å²) < 4.78 is 1.36. The van der Waals surface area contributed by atoms with Crippen molar-refractivity contribution in [3.63, 3.8) is 0 Å². The van der Waals surface area contributed by atoms with Crippen LogP contribution in [0.4, 0.5) is 5.82 Å². The molecule has 1 aliphatic rings. The molecule has 0 aromatic carbocycles. The highest BCUT2D eigenvalue weighted by molar-refractivity contribution is 5.42. The second-order valence-corrected chi connectivity index (χ2v) is 4.53. The van der Waals surface area contributed by atoms with Crippen LogP contribution < -0.4 is 5.32 Å². The van der Waals surface area contributed by atoms with Gasteiger partial charge in [-0.05, 0) is 35.4 Å². The summed E-state index contributed by atoms with van der Waals surface area (Å²) in [4.78, 5) is 0. The van der Waals surface area contributed by atoms with Crippen molar-refractivity contribution < 1.29 is 5.11 Å². The number of nitrogens with one attached hydrogen (secondary N) is 1. The molecule has 0 saturated heterocycles. The minimum absolute atomic E-state index is 0.521. The van der Waals surface area contributed by atoms with Crippen LogP contribution in [0.5, 0.6) is 0 Å². The second-order valence-electron chi connectivity index (χ2n) is 4.53. The van der Waals surface area contributed by atoms with Crippen molar-refractivity contribution in [3.05, 3.63) is 12.1 Å². The molecule has 0 aliphatic heterocycles. The Kier molecular flexibility index (Phi) is 2.40. The van der Waals surface area contributed by atoms with E-state index >= 15 is 0 Å². The van der Waals surface area contributed by atoms with E-state index in [9.17, 15) is 5.11 Å². The Morgan fingerprint density at radius 1 is 1.35 bits per heavy atom. The normalized spacial score (nSPS) is 18.6. The molecule has 1 saturated carbocycles. The highest BCUT2D eigenvalue weighted by atomic mass is 16.3. The number of hydrogen-bond acceptors (Lipinski definition) is 6. The Morgan fingerprint density at radius 3 is 3.00 bits per heavy atom. The molecule has 7 heteroatoms. The smallest absolute Gasteiger partial charge is 0.200 e. The molecule has 3 rings (SSSR count). The number of aliphatic hydroxyl groups is 1. The number of tetrazole rings is 1. The van der Waals surface area contributed by atoms with Gasteiger partial charge in [0.2, 0.25) is 0 Å². The first-order valence-electron chi connectivity index (χ1n) is 5.77. The monoisotopic (exact) mass is 234 g/mol. The standard InChI is InChI=1S/C10H14N6O/c17-10(5-1-2-6-10)7-11-8-3-4-9-12-14-15-16(9)13-8/h3-4,17H,1-2,5-7H2,(H,11,13). The number of aromatic nitrogens is 5. The van der Waals surface area contributed by atoms with Crippen LogP contribution in [-0.4, -0.2) is 42.5 Å². The third kappa shape index (κ3) is 2.05. The number of rotatable bonds is 3. The van der Waals surface area contributed by atoms with E-state index in [0.717, 1.165) is 25.7 Å². The predicted molar refractivity (Wildman–Crippen MR) is 60.5 cm³/mol. The molecule has 2 N–H and O–H groups in total. The maximum atomic E-state index is 10.2. The van der Waals surface area contributed by atoms with E-state index in [1.807, 2.05) is 6.07 Å². The van der Waals surface area contributed by atoms with Gasteiger partial charge in [0.15, 0.2) is 5.65 Å². The lowest BCUT2D eigenvalue weighted by Crippen LogP contribution is -2.33. The molecule has 0 spiro atoms. The predicted octanol–water partition coefficient (Wildman–Crippen LogP) is 0.236. The van der Waals surface area contributed by atoms with Gasteiger partial charge in [0, 0.05) is 6.54 Å². The zero-order valence-corrected chi connectivity index (χ0v) is 9.37. The van der Waals surface area contributed by atoms with Gasteiger partial charge in [-0.1, -0.05) is 12.8 Å². The maximum Gasteiger partial charge on any atom is 0.200 e. The minimum Gasteiger partial charge on any atom is -0.388 e. The van der Waals surface area contributed by atoms with E-state index in [-0.39, 0.29) is 0 Å². The quantitative estimate of drug-likeness (QED) is 0.790. The summed E-state index contributed by atoms with van der Waals surface area (Å²) in [5.41, 5.74) is 0.0205. The van der Waals surface area contributed by atoms with Gasteiger partial charge in [-0.15, -0.1) is 14.8 Å². The van der Waals surface area contributed by atoms with Crippen LogP contribution in [0.1, 0.15) is 25.7 Å². The molecule has 17 heavy (non-hydrogen) atoms. The third-order valence-electron chi connectivity index (χ3n) is 3.20. The van der Waals surface area contributed by atoms with Crippen molar-refractivity contribution in [2.24, 2.45) is 0 Å². The Morgan fingerprint density at radius 2 is 2.18 bits per heavy atom. The van der Waals surface area contributed by atoms with Crippen LogP contribution >= 0.6 is 0 Å². The van der Waals surface area contributed by atoms with Gasteiger partial charge in [0.05, 0.1) is 5.60 Å². The average molecular weight is 234 g/mol. The molecule has 2 heterocycles. The van der Waals surface area contributed by atoms with Crippen LogP contribution in [0.3, 0.4) is 0 Å². The van der Waals surface area contributed by atoms with Crippen LogP contribution in [0, 0.1) is 0 Å². The zero-order valence-electron chi connectivity index (χ0n) is 9.37. The topological polar surface area (TPSA) is 88.2 Å². The molecule has 1 aliphatic carbocycles. The highest BCUT2D eigenvalue weighted by Gasteiger charge is 2.30. The molecule has 1 fully saturated rings. The molecule has 0 amide bonds. The summed E-state index contributed by atoms with van der Waals surface area (Å²) in [6, 6.07) is 3.60. The van der Waals surface area contributed by atoms with Crippen LogP contribution in [0.25, 0.3) is 5.65 Å². The molecule has 0 unspecified atom stereocenters. The lowest BCUT2D eigenvalue weighted by atomic mass is 10.0. The third-order valence-corrected chi connectivity index (χ3v) is 3.20. The number of hydrogen-bond donors (Lipinski definition) is 2. The molecule has 2 aromatic rings. The van der Waals surface area contributed by atoms with Crippen LogP contribution in [0.2, 0.25) is 0 Å². The molecule has 0 radical (unpaired) electrons. The van der Waals surface area contributed by atoms with Crippen LogP contribution in [0.15, 0.2) is 12.1 Å². The van der Waals surface area contributed by atoms with Crippen molar-refractivity contribution in [1.29, 1.82) is 0 Å². The van der Waals surface area contributed by atoms with Crippen molar-refractivity contribution in [3.8, 4) is 0 Å². The minimum atomic E-state index is -0.586. The number of anilines is 1.